The van der Waals surface area contributed by atoms with Crippen LogP contribution < -0.4 is 0 Å². The SMILES string of the molecule is CCOCC(=O)c1cnn(Cc2ccc(-c3noc(C(F)(F)F)n3)s2)c1. The van der Waals surface area contributed by atoms with Gasteiger partial charge in [-0.05, 0) is 19.1 Å². The zero-order chi connectivity index (χ0) is 18.7. The van der Waals surface area contributed by atoms with Gasteiger partial charge in [0.05, 0.1) is 23.2 Å². The Hall–Kier alpha value is -2.53. The smallest absolute Gasteiger partial charge is 0.374 e. The first kappa shape index (κ1) is 18.3. The Labute approximate surface area is 149 Å². The number of thiophene rings is 1. The van der Waals surface area contributed by atoms with Crippen LogP contribution in [0, 0.1) is 0 Å². The molecule has 0 amide bonds. The lowest BCUT2D eigenvalue weighted by Crippen LogP contribution is -2.08. The van der Waals surface area contributed by atoms with E-state index in [4.69, 9.17) is 4.74 Å². The van der Waals surface area contributed by atoms with Gasteiger partial charge in [0.2, 0.25) is 5.82 Å². The van der Waals surface area contributed by atoms with E-state index in [0.717, 1.165) is 4.88 Å². The molecule has 3 aromatic heterocycles. The lowest BCUT2D eigenvalue weighted by molar-refractivity contribution is -0.159. The Morgan fingerprint density at radius 3 is 2.88 bits per heavy atom. The quantitative estimate of drug-likeness (QED) is 0.580. The molecule has 0 radical (unpaired) electrons. The number of ether oxygens (including phenoxy) is 1. The highest BCUT2D eigenvalue weighted by Crippen LogP contribution is 2.31. The van der Waals surface area contributed by atoms with Crippen LogP contribution in [-0.2, 0) is 17.5 Å². The highest BCUT2D eigenvalue weighted by atomic mass is 32.1. The van der Waals surface area contributed by atoms with Crippen LogP contribution in [0.2, 0.25) is 0 Å². The molecule has 26 heavy (non-hydrogen) atoms. The van der Waals surface area contributed by atoms with Gasteiger partial charge >= 0.3 is 12.1 Å². The van der Waals surface area contributed by atoms with Gasteiger partial charge in [0, 0.05) is 17.7 Å². The maximum Gasteiger partial charge on any atom is 0.471 e. The first-order valence-corrected chi connectivity index (χ1v) is 8.32. The van der Waals surface area contributed by atoms with Crippen LogP contribution in [0.3, 0.4) is 0 Å². The summed E-state index contributed by atoms with van der Waals surface area (Å²) in [6, 6.07) is 3.34. The number of halogens is 3. The van der Waals surface area contributed by atoms with Crippen molar-refractivity contribution in [2.45, 2.75) is 19.6 Å². The van der Waals surface area contributed by atoms with E-state index in [0.29, 0.717) is 23.6 Å². The summed E-state index contributed by atoms with van der Waals surface area (Å²) >= 11 is 1.21. The average Bonchev–Trinajstić information content (AvgIpc) is 3.31. The maximum atomic E-state index is 12.5. The fourth-order valence-corrected chi connectivity index (χ4v) is 2.98. The predicted octanol–water partition coefficient (Wildman–Crippen LogP) is 3.28. The van der Waals surface area contributed by atoms with Crippen LogP contribution in [-0.4, -0.2) is 38.9 Å². The normalized spacial score (nSPS) is 11.8. The number of aromatic nitrogens is 4. The van der Waals surface area contributed by atoms with Crippen LogP contribution in [0.5, 0.6) is 0 Å². The Morgan fingerprint density at radius 2 is 2.19 bits per heavy atom. The van der Waals surface area contributed by atoms with E-state index in [1.165, 1.54) is 17.5 Å². The Bertz CT molecular complexity index is 900. The van der Waals surface area contributed by atoms with E-state index in [1.54, 1.807) is 29.9 Å². The summed E-state index contributed by atoms with van der Waals surface area (Å²) in [5.74, 6) is -1.68. The molecule has 0 aliphatic heterocycles. The molecular weight excluding hydrogens is 373 g/mol. The zero-order valence-electron chi connectivity index (χ0n) is 13.5. The monoisotopic (exact) mass is 386 g/mol. The molecule has 0 aromatic carbocycles. The van der Waals surface area contributed by atoms with Gasteiger partial charge in [-0.2, -0.15) is 23.3 Å². The molecule has 0 N–H and O–H groups in total. The Balaban J connectivity index is 1.68. The van der Waals surface area contributed by atoms with Gasteiger partial charge in [-0.3, -0.25) is 9.48 Å². The number of hydrogen-bond donors (Lipinski definition) is 0. The third kappa shape index (κ3) is 4.17. The van der Waals surface area contributed by atoms with Gasteiger partial charge in [0.1, 0.15) is 6.61 Å². The minimum Gasteiger partial charge on any atom is -0.374 e. The number of nitrogens with zero attached hydrogens (tertiary/aromatic N) is 4. The van der Waals surface area contributed by atoms with Gasteiger partial charge in [0.15, 0.2) is 5.78 Å². The molecule has 3 rings (SSSR count). The van der Waals surface area contributed by atoms with E-state index in [1.807, 2.05) is 0 Å². The van der Waals surface area contributed by atoms with E-state index >= 15 is 0 Å². The Kier molecular flexibility index (Phi) is 5.18. The van der Waals surface area contributed by atoms with Crippen molar-refractivity contribution >= 4 is 17.1 Å². The maximum absolute atomic E-state index is 12.5. The van der Waals surface area contributed by atoms with E-state index in [-0.39, 0.29) is 18.2 Å². The van der Waals surface area contributed by atoms with E-state index < -0.39 is 12.1 Å². The molecule has 7 nitrogen and oxygen atoms in total. The molecule has 0 saturated carbocycles. The average molecular weight is 386 g/mol. The summed E-state index contributed by atoms with van der Waals surface area (Å²) < 4.78 is 48.4. The molecule has 0 aliphatic carbocycles. The fraction of sp³-hybridized carbons (Fsp3) is 0.333. The minimum absolute atomic E-state index is 0.00922. The second-order valence-corrected chi connectivity index (χ2v) is 6.34. The standard InChI is InChI=1S/C15H13F3N4O3S/c1-2-24-8-11(23)9-5-19-22(6-9)7-10-3-4-12(26-10)13-20-14(25-21-13)15(16,17)18/h3-6H,2,7-8H2,1H3. The summed E-state index contributed by atoms with van der Waals surface area (Å²) in [4.78, 5) is 16.5. The molecule has 3 aromatic rings. The van der Waals surface area contributed by atoms with Crippen molar-refractivity contribution in [3.8, 4) is 10.7 Å². The highest BCUT2D eigenvalue weighted by Gasteiger charge is 2.38. The molecule has 11 heteroatoms. The van der Waals surface area contributed by atoms with Gasteiger partial charge < -0.3 is 9.26 Å². The molecule has 0 atom stereocenters. The predicted molar refractivity (Wildman–Crippen MR) is 84.8 cm³/mol. The first-order valence-electron chi connectivity index (χ1n) is 7.50. The lowest BCUT2D eigenvalue weighted by atomic mass is 10.2. The largest absolute Gasteiger partial charge is 0.471 e. The van der Waals surface area contributed by atoms with Gasteiger partial charge in [-0.1, -0.05) is 5.16 Å². The van der Waals surface area contributed by atoms with Crippen molar-refractivity contribution in [2.75, 3.05) is 13.2 Å². The molecule has 0 unspecified atom stereocenters. The third-order valence-electron chi connectivity index (χ3n) is 3.26. The number of rotatable bonds is 7. The number of carbonyl (C=O) groups excluding carboxylic acids is 1. The van der Waals surface area contributed by atoms with Crippen LogP contribution in [0.25, 0.3) is 10.7 Å². The summed E-state index contributed by atoms with van der Waals surface area (Å²) in [6.45, 7) is 2.59. The summed E-state index contributed by atoms with van der Waals surface area (Å²) in [5, 5.41) is 7.46. The van der Waals surface area contributed by atoms with Crippen molar-refractivity contribution in [3.05, 3.63) is 40.9 Å². The number of carbonyl (C=O) groups is 1. The van der Waals surface area contributed by atoms with Crippen molar-refractivity contribution in [1.82, 2.24) is 19.9 Å². The molecule has 0 fully saturated rings. The van der Waals surface area contributed by atoms with Crippen LogP contribution in [0.4, 0.5) is 13.2 Å². The highest BCUT2D eigenvalue weighted by molar-refractivity contribution is 7.15. The zero-order valence-corrected chi connectivity index (χ0v) is 14.3. The fourth-order valence-electron chi connectivity index (χ4n) is 2.05. The molecule has 0 aliphatic rings. The van der Waals surface area contributed by atoms with E-state index in [2.05, 4.69) is 19.8 Å². The number of alkyl halides is 3. The summed E-state index contributed by atoms with van der Waals surface area (Å²) in [6.07, 6.45) is -1.63. The lowest BCUT2D eigenvalue weighted by Gasteiger charge is -1.98. The van der Waals surface area contributed by atoms with Crippen LogP contribution >= 0.6 is 11.3 Å². The summed E-state index contributed by atoms with van der Waals surface area (Å²) in [5.41, 5.74) is 0.434. The molecule has 3 heterocycles. The van der Waals surface area contributed by atoms with Crippen molar-refractivity contribution in [3.63, 3.8) is 0 Å². The second-order valence-electron chi connectivity index (χ2n) is 5.17. The van der Waals surface area contributed by atoms with Crippen molar-refractivity contribution in [2.24, 2.45) is 0 Å². The number of ketones is 1. The molecule has 138 valence electrons. The minimum atomic E-state index is -4.68. The van der Waals surface area contributed by atoms with Crippen LogP contribution in [0.15, 0.2) is 29.0 Å². The van der Waals surface area contributed by atoms with Gasteiger partial charge in [0.25, 0.3) is 0 Å². The van der Waals surface area contributed by atoms with Crippen molar-refractivity contribution < 1.29 is 27.2 Å². The summed E-state index contributed by atoms with van der Waals surface area (Å²) in [7, 11) is 0. The topological polar surface area (TPSA) is 83.0 Å². The van der Waals surface area contributed by atoms with E-state index in [9.17, 15) is 18.0 Å². The second kappa shape index (κ2) is 7.38. The van der Waals surface area contributed by atoms with Gasteiger partial charge in [-0.25, -0.2) is 0 Å². The number of hydrogen-bond acceptors (Lipinski definition) is 7. The Morgan fingerprint density at radius 1 is 1.38 bits per heavy atom. The van der Waals surface area contributed by atoms with Gasteiger partial charge in [-0.15, -0.1) is 11.3 Å². The van der Waals surface area contributed by atoms with Crippen molar-refractivity contribution in [1.29, 1.82) is 0 Å². The molecule has 0 spiro atoms. The first-order chi connectivity index (χ1) is 12.4. The number of Topliss-reactive ketones (excluding diaryl/α,β-unsaturated/α-hetero) is 1. The molecule has 0 saturated heterocycles. The molecular formula is C15H13F3N4O3S. The molecule has 0 bridgehead atoms. The third-order valence-corrected chi connectivity index (χ3v) is 4.33. The van der Waals surface area contributed by atoms with Crippen LogP contribution in [0.1, 0.15) is 28.0 Å².